The standard InChI is InChI=1S/C20H24FNO4S/c1-20(2,3)27(25)22-17(12-19(23)24)15-9-10-18(16(21)11-15)26-13-14-7-5-4-6-8-14/h4-11,17,22H,12-13H2,1-3H3,(H,23,24)/t17?,27-/m0/s1. The Morgan fingerprint density at radius 3 is 2.48 bits per heavy atom. The zero-order valence-corrected chi connectivity index (χ0v) is 16.4. The SMILES string of the molecule is CC(C)(C)[S@+]([O-])NC(CC(=O)O)c1ccc(OCc2ccccc2)c(F)c1. The Bertz CT molecular complexity index is 764. The van der Waals surface area contributed by atoms with Gasteiger partial charge in [-0.25, -0.2) is 4.39 Å². The van der Waals surface area contributed by atoms with E-state index in [9.17, 15) is 13.7 Å². The lowest BCUT2D eigenvalue weighted by Gasteiger charge is -2.27. The van der Waals surface area contributed by atoms with E-state index in [1.807, 2.05) is 30.3 Å². The molecule has 2 aromatic carbocycles. The first kappa shape index (κ1) is 21.2. The summed E-state index contributed by atoms with van der Waals surface area (Å²) in [6, 6.07) is 12.9. The lowest BCUT2D eigenvalue weighted by Crippen LogP contribution is -2.41. The van der Waals surface area contributed by atoms with E-state index in [2.05, 4.69) is 4.72 Å². The summed E-state index contributed by atoms with van der Waals surface area (Å²) in [5.41, 5.74) is 1.31. The maximum Gasteiger partial charge on any atom is 0.305 e. The molecule has 0 amide bonds. The van der Waals surface area contributed by atoms with Crippen LogP contribution in [0.4, 0.5) is 4.39 Å². The fourth-order valence-corrected chi connectivity index (χ4v) is 3.13. The maximum atomic E-state index is 14.4. The molecule has 2 atom stereocenters. The van der Waals surface area contributed by atoms with Gasteiger partial charge < -0.3 is 14.4 Å². The smallest absolute Gasteiger partial charge is 0.305 e. The van der Waals surface area contributed by atoms with Crippen LogP contribution in [0.15, 0.2) is 48.5 Å². The number of ether oxygens (including phenoxy) is 1. The summed E-state index contributed by atoms with van der Waals surface area (Å²) in [4.78, 5) is 11.2. The molecule has 0 saturated carbocycles. The van der Waals surface area contributed by atoms with Gasteiger partial charge in [-0.2, -0.15) is 0 Å². The first-order valence-corrected chi connectivity index (χ1v) is 9.68. The minimum atomic E-state index is -1.49. The first-order chi connectivity index (χ1) is 12.7. The third-order valence-electron chi connectivity index (χ3n) is 3.78. The van der Waals surface area contributed by atoms with Gasteiger partial charge in [-0.3, -0.25) is 4.79 Å². The molecule has 7 heteroatoms. The number of hydrogen-bond donors (Lipinski definition) is 2. The van der Waals surface area contributed by atoms with E-state index in [-0.39, 0.29) is 18.8 Å². The molecule has 5 nitrogen and oxygen atoms in total. The predicted molar refractivity (Wildman–Crippen MR) is 103 cm³/mol. The lowest BCUT2D eigenvalue weighted by molar-refractivity contribution is -0.137. The summed E-state index contributed by atoms with van der Waals surface area (Å²) < 4.78 is 34.5. The second-order valence-corrected chi connectivity index (χ2v) is 9.11. The van der Waals surface area contributed by atoms with Crippen molar-refractivity contribution in [2.24, 2.45) is 0 Å². The minimum Gasteiger partial charge on any atom is -0.598 e. The molecule has 0 aromatic heterocycles. The van der Waals surface area contributed by atoms with Crippen molar-refractivity contribution in [3.8, 4) is 5.75 Å². The van der Waals surface area contributed by atoms with Gasteiger partial charge in [-0.1, -0.05) is 36.4 Å². The molecule has 1 unspecified atom stereocenters. The van der Waals surface area contributed by atoms with Crippen LogP contribution in [0.2, 0.25) is 0 Å². The average molecular weight is 393 g/mol. The molecule has 27 heavy (non-hydrogen) atoms. The predicted octanol–water partition coefficient (Wildman–Crippen LogP) is 3.97. The molecule has 2 N–H and O–H groups in total. The van der Waals surface area contributed by atoms with Gasteiger partial charge in [-0.15, -0.1) is 4.72 Å². The average Bonchev–Trinajstić information content (AvgIpc) is 2.59. The van der Waals surface area contributed by atoms with E-state index < -0.39 is 33.9 Å². The maximum absolute atomic E-state index is 14.4. The van der Waals surface area contributed by atoms with Crippen molar-refractivity contribution in [3.05, 3.63) is 65.5 Å². The molecule has 2 rings (SSSR count). The topological polar surface area (TPSA) is 81.6 Å². The highest BCUT2D eigenvalue weighted by molar-refractivity contribution is 7.90. The second-order valence-electron chi connectivity index (χ2n) is 7.11. The van der Waals surface area contributed by atoms with E-state index in [1.54, 1.807) is 26.8 Å². The van der Waals surface area contributed by atoms with E-state index in [4.69, 9.17) is 9.84 Å². The Morgan fingerprint density at radius 2 is 1.93 bits per heavy atom. The molecular weight excluding hydrogens is 369 g/mol. The van der Waals surface area contributed by atoms with Crippen molar-refractivity contribution in [1.82, 2.24) is 4.72 Å². The summed E-state index contributed by atoms with van der Waals surface area (Å²) in [6.07, 6.45) is -0.314. The molecule has 0 saturated heterocycles. The van der Waals surface area contributed by atoms with Gasteiger partial charge in [0.15, 0.2) is 11.6 Å². The van der Waals surface area contributed by atoms with Gasteiger partial charge in [-0.05, 0) is 44.0 Å². The highest BCUT2D eigenvalue weighted by Gasteiger charge is 2.31. The molecule has 0 spiro atoms. The third-order valence-corrected chi connectivity index (χ3v) is 5.39. The zero-order chi connectivity index (χ0) is 20.0. The van der Waals surface area contributed by atoms with Crippen molar-refractivity contribution in [1.29, 1.82) is 0 Å². The quantitative estimate of drug-likeness (QED) is 0.663. The first-order valence-electron chi connectivity index (χ1n) is 8.53. The van der Waals surface area contributed by atoms with Gasteiger partial charge in [0.25, 0.3) is 0 Å². The number of halogens is 1. The van der Waals surface area contributed by atoms with Crippen molar-refractivity contribution >= 4 is 17.3 Å². The largest absolute Gasteiger partial charge is 0.598 e. The van der Waals surface area contributed by atoms with Crippen molar-refractivity contribution in [2.45, 2.75) is 44.6 Å². The van der Waals surface area contributed by atoms with Crippen LogP contribution in [0.5, 0.6) is 5.75 Å². The van der Waals surface area contributed by atoms with Crippen LogP contribution in [0.1, 0.15) is 44.4 Å². The van der Waals surface area contributed by atoms with E-state index in [0.717, 1.165) is 5.56 Å². The second kappa shape index (κ2) is 9.21. The molecule has 0 radical (unpaired) electrons. The Morgan fingerprint density at radius 1 is 1.26 bits per heavy atom. The molecule has 0 aliphatic heterocycles. The van der Waals surface area contributed by atoms with Crippen LogP contribution >= 0.6 is 0 Å². The summed E-state index contributed by atoms with van der Waals surface area (Å²) >= 11 is -1.49. The molecule has 0 fully saturated rings. The number of nitrogens with one attached hydrogen (secondary N) is 1. The molecule has 0 aliphatic carbocycles. The minimum absolute atomic E-state index is 0.0774. The highest BCUT2D eigenvalue weighted by atomic mass is 32.2. The number of rotatable bonds is 8. The van der Waals surface area contributed by atoms with E-state index in [1.165, 1.54) is 12.1 Å². The number of carbonyl (C=O) groups is 1. The van der Waals surface area contributed by atoms with Crippen LogP contribution in [0.3, 0.4) is 0 Å². The van der Waals surface area contributed by atoms with Gasteiger partial charge in [0.05, 0.1) is 12.5 Å². The number of carboxylic acids is 1. The number of hydrogen-bond acceptors (Lipinski definition) is 4. The van der Waals surface area contributed by atoms with Crippen LogP contribution < -0.4 is 9.46 Å². The Hall–Kier alpha value is -2.09. The van der Waals surface area contributed by atoms with Gasteiger partial charge in [0.1, 0.15) is 11.4 Å². The lowest BCUT2D eigenvalue weighted by atomic mass is 10.0. The fraction of sp³-hybridized carbons (Fsp3) is 0.350. The summed E-state index contributed by atoms with van der Waals surface area (Å²) in [6.45, 7) is 5.54. The Labute approximate surface area is 161 Å². The monoisotopic (exact) mass is 393 g/mol. The molecule has 146 valence electrons. The van der Waals surface area contributed by atoms with Crippen LogP contribution in [-0.4, -0.2) is 20.4 Å². The summed E-state index contributed by atoms with van der Waals surface area (Å²) in [5, 5.41) is 9.14. The van der Waals surface area contributed by atoms with E-state index >= 15 is 0 Å². The summed E-state index contributed by atoms with van der Waals surface area (Å²) in [7, 11) is 0. The van der Waals surface area contributed by atoms with Gasteiger partial charge in [0, 0.05) is 11.4 Å². The normalized spacial score (nSPS) is 13.8. The molecule has 0 heterocycles. The Balaban J connectivity index is 2.14. The summed E-state index contributed by atoms with van der Waals surface area (Å²) in [5.74, 6) is -1.58. The van der Waals surface area contributed by atoms with Crippen LogP contribution in [0.25, 0.3) is 0 Å². The molecular formula is C20H24FNO4S. The van der Waals surface area contributed by atoms with E-state index in [0.29, 0.717) is 5.56 Å². The third kappa shape index (κ3) is 6.53. The molecule has 0 bridgehead atoms. The van der Waals surface area contributed by atoms with Crippen LogP contribution in [-0.2, 0) is 22.8 Å². The van der Waals surface area contributed by atoms with Gasteiger partial charge >= 0.3 is 5.97 Å². The zero-order valence-electron chi connectivity index (χ0n) is 15.6. The molecule has 2 aromatic rings. The Kier molecular flexibility index (Phi) is 7.24. The highest BCUT2D eigenvalue weighted by Crippen LogP contribution is 2.27. The number of aliphatic carboxylic acids is 1. The van der Waals surface area contributed by atoms with Crippen molar-refractivity contribution in [3.63, 3.8) is 0 Å². The van der Waals surface area contributed by atoms with Crippen molar-refractivity contribution in [2.75, 3.05) is 0 Å². The van der Waals surface area contributed by atoms with Gasteiger partial charge in [0.2, 0.25) is 0 Å². The van der Waals surface area contributed by atoms with Crippen LogP contribution in [0, 0.1) is 5.82 Å². The molecule has 0 aliphatic rings. The fourth-order valence-electron chi connectivity index (χ4n) is 2.29. The number of carboxylic acid groups (broad SMARTS) is 1. The number of benzene rings is 2. The van der Waals surface area contributed by atoms with Crippen molar-refractivity contribution < 1.29 is 23.6 Å².